The summed E-state index contributed by atoms with van der Waals surface area (Å²) in [5.41, 5.74) is 1.76. The number of para-hydroxylation sites is 2. The first-order valence-corrected chi connectivity index (χ1v) is 10.9. The van der Waals surface area contributed by atoms with Crippen molar-refractivity contribution in [2.75, 3.05) is 25.0 Å². The van der Waals surface area contributed by atoms with E-state index >= 15 is 0 Å². The number of hydrogen-bond acceptors (Lipinski definition) is 6. The minimum absolute atomic E-state index is 0.0308. The quantitative estimate of drug-likeness (QED) is 0.555. The average molecular weight is 437 g/mol. The molecule has 32 heavy (non-hydrogen) atoms. The van der Waals surface area contributed by atoms with E-state index in [0.717, 1.165) is 18.4 Å². The molecule has 3 aromatic rings. The molecule has 1 aliphatic rings. The topological polar surface area (TPSA) is 89.7 Å². The molecule has 0 bridgehead atoms. The van der Waals surface area contributed by atoms with Gasteiger partial charge in [-0.05, 0) is 37.5 Å². The minimum Gasteiger partial charge on any atom is -0.492 e. The van der Waals surface area contributed by atoms with Gasteiger partial charge in [-0.15, -0.1) is 0 Å². The van der Waals surface area contributed by atoms with Gasteiger partial charge in [0.1, 0.15) is 12.4 Å². The molecule has 1 atom stereocenters. The summed E-state index contributed by atoms with van der Waals surface area (Å²) in [6.07, 6.45) is 1.78. The summed E-state index contributed by atoms with van der Waals surface area (Å²) in [5.74, 6) is 1.76. The lowest BCUT2D eigenvalue weighted by Crippen LogP contribution is -2.41. The highest BCUT2D eigenvalue weighted by molar-refractivity contribution is 5.91. The summed E-state index contributed by atoms with van der Waals surface area (Å²) in [4.78, 5) is 19.1. The van der Waals surface area contributed by atoms with E-state index in [9.17, 15) is 4.79 Å². The zero-order valence-electron chi connectivity index (χ0n) is 18.2. The standard InChI is InChI=1S/C24H28N4O4/c1-2-31-21-13-7-6-12-20(21)25-24(29)28-14-8-11-19(15-28)23-26-22(32-27-23)17-30-16-18-9-4-3-5-10-18/h3-7,9-10,12-13,19H,2,8,11,14-17H2,1H3,(H,25,29). The molecule has 1 N–H and O–H groups in total. The Morgan fingerprint density at radius 3 is 2.81 bits per heavy atom. The van der Waals surface area contributed by atoms with Crippen LogP contribution in [-0.2, 0) is 18.0 Å². The van der Waals surface area contributed by atoms with Gasteiger partial charge in [-0.3, -0.25) is 0 Å². The van der Waals surface area contributed by atoms with Crippen LogP contribution in [0.5, 0.6) is 5.75 Å². The Bertz CT molecular complexity index is 1010. The average Bonchev–Trinajstić information content (AvgIpc) is 3.30. The molecule has 1 saturated heterocycles. The molecule has 0 saturated carbocycles. The lowest BCUT2D eigenvalue weighted by atomic mass is 9.98. The van der Waals surface area contributed by atoms with Crippen molar-refractivity contribution in [2.45, 2.75) is 38.9 Å². The third-order valence-corrected chi connectivity index (χ3v) is 5.32. The van der Waals surface area contributed by atoms with Crippen LogP contribution in [0.4, 0.5) is 10.5 Å². The number of likely N-dealkylation sites (tertiary alicyclic amines) is 1. The maximum atomic E-state index is 12.9. The van der Waals surface area contributed by atoms with Crippen molar-refractivity contribution in [3.8, 4) is 5.75 Å². The summed E-state index contributed by atoms with van der Waals surface area (Å²) >= 11 is 0. The predicted molar refractivity (Wildman–Crippen MR) is 119 cm³/mol. The first kappa shape index (κ1) is 21.8. The van der Waals surface area contributed by atoms with E-state index in [4.69, 9.17) is 14.0 Å². The van der Waals surface area contributed by atoms with Gasteiger partial charge in [0.25, 0.3) is 5.89 Å². The number of aromatic nitrogens is 2. The van der Waals surface area contributed by atoms with Crippen LogP contribution >= 0.6 is 0 Å². The van der Waals surface area contributed by atoms with Gasteiger partial charge in [-0.25, -0.2) is 4.79 Å². The van der Waals surface area contributed by atoms with E-state index in [0.29, 0.717) is 49.5 Å². The zero-order chi connectivity index (χ0) is 22.2. The Labute approximate surface area is 187 Å². The molecule has 0 spiro atoms. The van der Waals surface area contributed by atoms with Crippen LogP contribution in [0.3, 0.4) is 0 Å². The number of hydrogen-bond donors (Lipinski definition) is 1. The maximum Gasteiger partial charge on any atom is 0.321 e. The van der Waals surface area contributed by atoms with E-state index in [-0.39, 0.29) is 18.6 Å². The monoisotopic (exact) mass is 436 g/mol. The van der Waals surface area contributed by atoms with Crippen LogP contribution in [0.25, 0.3) is 0 Å². The predicted octanol–water partition coefficient (Wildman–Crippen LogP) is 4.60. The Morgan fingerprint density at radius 2 is 1.97 bits per heavy atom. The van der Waals surface area contributed by atoms with Gasteiger partial charge >= 0.3 is 6.03 Å². The minimum atomic E-state index is -0.156. The number of ether oxygens (including phenoxy) is 2. The van der Waals surface area contributed by atoms with E-state index in [1.54, 1.807) is 4.90 Å². The van der Waals surface area contributed by atoms with Crippen molar-refractivity contribution in [2.24, 2.45) is 0 Å². The molecule has 0 aliphatic carbocycles. The van der Waals surface area contributed by atoms with Crippen LogP contribution in [0.2, 0.25) is 0 Å². The third-order valence-electron chi connectivity index (χ3n) is 5.32. The first-order chi connectivity index (χ1) is 15.7. The maximum absolute atomic E-state index is 12.9. The van der Waals surface area contributed by atoms with Gasteiger partial charge in [-0.2, -0.15) is 4.98 Å². The second kappa shape index (κ2) is 10.8. The molecule has 1 aliphatic heterocycles. The van der Waals surface area contributed by atoms with Crippen molar-refractivity contribution in [3.05, 3.63) is 71.9 Å². The fourth-order valence-corrected chi connectivity index (χ4v) is 3.74. The van der Waals surface area contributed by atoms with Gasteiger partial charge in [-0.1, -0.05) is 47.6 Å². The largest absolute Gasteiger partial charge is 0.492 e. The fourth-order valence-electron chi connectivity index (χ4n) is 3.74. The first-order valence-electron chi connectivity index (χ1n) is 10.9. The highest BCUT2D eigenvalue weighted by Crippen LogP contribution is 2.27. The molecule has 1 aromatic heterocycles. The number of anilines is 1. The normalized spacial score (nSPS) is 16.0. The molecular formula is C24H28N4O4. The third kappa shape index (κ3) is 5.64. The highest BCUT2D eigenvalue weighted by atomic mass is 16.5. The van der Waals surface area contributed by atoms with Crippen molar-refractivity contribution >= 4 is 11.7 Å². The number of carbonyl (C=O) groups is 1. The second-order valence-corrected chi connectivity index (χ2v) is 7.67. The van der Waals surface area contributed by atoms with Crippen LogP contribution < -0.4 is 10.1 Å². The smallest absolute Gasteiger partial charge is 0.321 e. The number of piperidine rings is 1. The van der Waals surface area contributed by atoms with E-state index in [2.05, 4.69) is 15.5 Å². The van der Waals surface area contributed by atoms with E-state index in [1.165, 1.54) is 0 Å². The van der Waals surface area contributed by atoms with Crippen LogP contribution in [-0.4, -0.2) is 40.8 Å². The zero-order valence-corrected chi connectivity index (χ0v) is 18.2. The molecule has 1 unspecified atom stereocenters. The van der Waals surface area contributed by atoms with Crippen LogP contribution in [0.15, 0.2) is 59.1 Å². The molecular weight excluding hydrogens is 408 g/mol. The number of rotatable bonds is 8. The Morgan fingerprint density at radius 1 is 1.16 bits per heavy atom. The number of carbonyl (C=O) groups excluding carboxylic acids is 1. The van der Waals surface area contributed by atoms with E-state index in [1.807, 2.05) is 61.5 Å². The summed E-state index contributed by atoms with van der Waals surface area (Å²) in [5, 5.41) is 7.10. The summed E-state index contributed by atoms with van der Waals surface area (Å²) in [6.45, 7) is 4.41. The summed E-state index contributed by atoms with van der Waals surface area (Å²) in [6, 6.07) is 17.2. The lowest BCUT2D eigenvalue weighted by molar-refractivity contribution is 0.0850. The lowest BCUT2D eigenvalue weighted by Gasteiger charge is -2.31. The van der Waals surface area contributed by atoms with Gasteiger partial charge < -0.3 is 24.2 Å². The molecule has 2 aromatic carbocycles. The molecule has 2 amide bonds. The Kier molecular flexibility index (Phi) is 7.34. The Hall–Kier alpha value is -3.39. The molecule has 168 valence electrons. The molecule has 4 rings (SSSR count). The van der Waals surface area contributed by atoms with E-state index < -0.39 is 0 Å². The van der Waals surface area contributed by atoms with Crippen LogP contribution in [0.1, 0.15) is 43.0 Å². The number of benzene rings is 2. The summed E-state index contributed by atoms with van der Waals surface area (Å²) < 4.78 is 16.7. The fraction of sp³-hybridized carbons (Fsp3) is 0.375. The molecule has 1 fully saturated rings. The SMILES string of the molecule is CCOc1ccccc1NC(=O)N1CCCC(c2noc(COCc3ccccc3)n2)C1. The van der Waals surface area contributed by atoms with Crippen LogP contribution in [0, 0.1) is 0 Å². The molecule has 2 heterocycles. The Balaban J connectivity index is 1.31. The van der Waals surface area contributed by atoms with Crippen molar-refractivity contribution in [3.63, 3.8) is 0 Å². The van der Waals surface area contributed by atoms with Crippen molar-refractivity contribution in [1.82, 2.24) is 15.0 Å². The number of nitrogens with one attached hydrogen (secondary N) is 1. The molecule has 0 radical (unpaired) electrons. The molecule has 8 nitrogen and oxygen atoms in total. The van der Waals surface area contributed by atoms with Crippen molar-refractivity contribution < 1.29 is 18.8 Å². The van der Waals surface area contributed by atoms with Gasteiger partial charge in [0.2, 0.25) is 0 Å². The second-order valence-electron chi connectivity index (χ2n) is 7.67. The number of amides is 2. The highest BCUT2D eigenvalue weighted by Gasteiger charge is 2.28. The van der Waals surface area contributed by atoms with Gasteiger partial charge in [0, 0.05) is 19.0 Å². The van der Waals surface area contributed by atoms with Crippen molar-refractivity contribution in [1.29, 1.82) is 0 Å². The number of nitrogens with zero attached hydrogens (tertiary/aromatic N) is 3. The summed E-state index contributed by atoms with van der Waals surface area (Å²) in [7, 11) is 0. The number of urea groups is 1. The van der Waals surface area contributed by atoms with Gasteiger partial charge in [0.05, 0.1) is 18.9 Å². The molecule has 8 heteroatoms. The van der Waals surface area contributed by atoms with Gasteiger partial charge in [0.15, 0.2) is 5.82 Å².